The van der Waals surface area contributed by atoms with Crippen LogP contribution in [0.3, 0.4) is 0 Å². The Balaban J connectivity index is 2.16. The van der Waals surface area contributed by atoms with Crippen molar-refractivity contribution in [1.29, 1.82) is 0 Å². The Labute approximate surface area is 112 Å². The molecule has 5 heteroatoms. The zero-order valence-electron chi connectivity index (χ0n) is 11.2. The van der Waals surface area contributed by atoms with Crippen molar-refractivity contribution >= 4 is 11.6 Å². The molecule has 1 amide bonds. The number of nitrogens with one attached hydrogen (secondary N) is 1. The number of anilines is 1. The molecule has 0 fully saturated rings. The number of aromatic nitrogens is 2. The molecule has 0 aliphatic carbocycles. The van der Waals surface area contributed by atoms with Crippen molar-refractivity contribution in [3.63, 3.8) is 0 Å². The van der Waals surface area contributed by atoms with Gasteiger partial charge in [-0.05, 0) is 18.1 Å². The van der Waals surface area contributed by atoms with Gasteiger partial charge in [-0.2, -0.15) is 5.10 Å². The second-order valence-electron chi connectivity index (χ2n) is 4.39. The van der Waals surface area contributed by atoms with E-state index in [-0.39, 0.29) is 0 Å². The molecule has 2 rings (SSSR count). The summed E-state index contributed by atoms with van der Waals surface area (Å²) in [6.45, 7) is 2.61. The van der Waals surface area contributed by atoms with E-state index in [1.165, 1.54) is 0 Å². The van der Waals surface area contributed by atoms with Crippen molar-refractivity contribution < 1.29 is 4.79 Å². The van der Waals surface area contributed by atoms with Crippen LogP contribution in [0.1, 0.15) is 28.5 Å². The van der Waals surface area contributed by atoms with Crippen molar-refractivity contribution in [2.45, 2.75) is 19.9 Å². The first-order valence-corrected chi connectivity index (χ1v) is 6.26. The van der Waals surface area contributed by atoms with Crippen LogP contribution >= 0.6 is 0 Å². The summed E-state index contributed by atoms with van der Waals surface area (Å²) in [5, 5.41) is 7.67. The van der Waals surface area contributed by atoms with Crippen LogP contribution in [-0.2, 0) is 20.0 Å². The summed E-state index contributed by atoms with van der Waals surface area (Å²) < 4.78 is 1.78. The summed E-state index contributed by atoms with van der Waals surface area (Å²) >= 11 is 0. The standard InChI is InChI=1S/C14H18N4O/c1-3-12-13(9-18(2)17-12)16-8-10-6-4-5-7-11(10)14(15)19/h4-7,9,16H,3,8H2,1-2H3,(H2,15,19). The summed E-state index contributed by atoms with van der Waals surface area (Å²) in [5.74, 6) is -0.403. The molecular weight excluding hydrogens is 240 g/mol. The Hall–Kier alpha value is -2.30. The molecule has 0 atom stereocenters. The predicted octanol–water partition coefficient (Wildman–Crippen LogP) is 1.69. The van der Waals surface area contributed by atoms with Crippen LogP contribution < -0.4 is 11.1 Å². The fourth-order valence-electron chi connectivity index (χ4n) is 2.05. The van der Waals surface area contributed by atoms with E-state index in [1.807, 2.05) is 31.4 Å². The molecule has 1 heterocycles. The molecule has 0 bridgehead atoms. The van der Waals surface area contributed by atoms with Gasteiger partial charge in [-0.25, -0.2) is 0 Å². The van der Waals surface area contributed by atoms with Crippen molar-refractivity contribution in [1.82, 2.24) is 9.78 Å². The highest BCUT2D eigenvalue weighted by atomic mass is 16.1. The van der Waals surface area contributed by atoms with E-state index < -0.39 is 5.91 Å². The summed E-state index contributed by atoms with van der Waals surface area (Å²) in [4.78, 5) is 11.3. The maximum absolute atomic E-state index is 11.3. The van der Waals surface area contributed by atoms with Gasteiger partial charge in [-0.1, -0.05) is 25.1 Å². The Morgan fingerprint density at radius 2 is 2.16 bits per heavy atom. The Morgan fingerprint density at radius 3 is 2.84 bits per heavy atom. The van der Waals surface area contributed by atoms with E-state index in [1.54, 1.807) is 10.7 Å². The molecule has 2 aromatic rings. The van der Waals surface area contributed by atoms with Gasteiger partial charge in [-0.3, -0.25) is 9.48 Å². The lowest BCUT2D eigenvalue weighted by atomic mass is 10.1. The third-order valence-electron chi connectivity index (χ3n) is 2.99. The number of primary amides is 1. The quantitative estimate of drug-likeness (QED) is 0.857. The minimum Gasteiger partial charge on any atom is -0.378 e. The molecule has 0 spiro atoms. The van der Waals surface area contributed by atoms with E-state index in [0.29, 0.717) is 12.1 Å². The maximum atomic E-state index is 11.3. The van der Waals surface area contributed by atoms with Gasteiger partial charge in [0.15, 0.2) is 0 Å². The number of nitrogens with two attached hydrogens (primary N) is 1. The van der Waals surface area contributed by atoms with E-state index in [4.69, 9.17) is 5.73 Å². The zero-order valence-corrected chi connectivity index (χ0v) is 11.2. The number of aryl methyl sites for hydroxylation is 2. The summed E-state index contributed by atoms with van der Waals surface area (Å²) in [7, 11) is 1.89. The Bertz CT molecular complexity index is 589. The molecule has 100 valence electrons. The summed E-state index contributed by atoms with van der Waals surface area (Å²) in [6, 6.07) is 7.34. The van der Waals surface area contributed by atoms with Crippen molar-refractivity contribution in [2.24, 2.45) is 12.8 Å². The molecule has 0 saturated heterocycles. The number of rotatable bonds is 5. The minimum atomic E-state index is -0.403. The molecule has 0 aliphatic rings. The Kier molecular flexibility index (Phi) is 3.85. The van der Waals surface area contributed by atoms with Gasteiger partial charge in [0.25, 0.3) is 0 Å². The number of benzene rings is 1. The second-order valence-corrected chi connectivity index (χ2v) is 4.39. The molecule has 1 aromatic heterocycles. The number of nitrogens with zero attached hydrogens (tertiary/aromatic N) is 2. The van der Waals surface area contributed by atoms with Gasteiger partial charge in [-0.15, -0.1) is 0 Å². The highest BCUT2D eigenvalue weighted by Gasteiger charge is 2.09. The fraction of sp³-hybridized carbons (Fsp3) is 0.286. The molecule has 19 heavy (non-hydrogen) atoms. The first-order valence-electron chi connectivity index (χ1n) is 6.26. The maximum Gasteiger partial charge on any atom is 0.249 e. The first kappa shape index (κ1) is 13.1. The molecule has 1 aromatic carbocycles. The van der Waals surface area contributed by atoms with Gasteiger partial charge in [0.05, 0.1) is 11.4 Å². The monoisotopic (exact) mass is 258 g/mol. The number of hydrogen-bond acceptors (Lipinski definition) is 3. The number of hydrogen-bond donors (Lipinski definition) is 2. The number of carbonyl (C=O) groups excluding carboxylic acids is 1. The van der Waals surface area contributed by atoms with Crippen LogP contribution in [0.2, 0.25) is 0 Å². The lowest BCUT2D eigenvalue weighted by molar-refractivity contribution is 0.0999. The lowest BCUT2D eigenvalue weighted by Crippen LogP contribution is -2.15. The first-order chi connectivity index (χ1) is 9.11. The molecule has 0 radical (unpaired) electrons. The van der Waals surface area contributed by atoms with Gasteiger partial charge in [0.1, 0.15) is 0 Å². The van der Waals surface area contributed by atoms with Crippen molar-refractivity contribution in [2.75, 3.05) is 5.32 Å². The van der Waals surface area contributed by atoms with Crippen LogP contribution in [0.15, 0.2) is 30.5 Å². The zero-order chi connectivity index (χ0) is 13.8. The third-order valence-corrected chi connectivity index (χ3v) is 2.99. The van der Waals surface area contributed by atoms with Gasteiger partial charge >= 0.3 is 0 Å². The topological polar surface area (TPSA) is 72.9 Å². The average Bonchev–Trinajstić information content (AvgIpc) is 2.77. The average molecular weight is 258 g/mol. The van der Waals surface area contributed by atoms with Crippen LogP contribution in [0.25, 0.3) is 0 Å². The molecule has 5 nitrogen and oxygen atoms in total. The van der Waals surface area contributed by atoms with Crippen molar-refractivity contribution in [3.05, 3.63) is 47.3 Å². The van der Waals surface area contributed by atoms with E-state index in [9.17, 15) is 4.79 Å². The predicted molar refractivity (Wildman–Crippen MR) is 74.9 cm³/mol. The Morgan fingerprint density at radius 1 is 1.42 bits per heavy atom. The van der Waals surface area contributed by atoms with Crippen LogP contribution in [0.4, 0.5) is 5.69 Å². The number of carbonyl (C=O) groups is 1. The van der Waals surface area contributed by atoms with Crippen LogP contribution in [0, 0.1) is 0 Å². The van der Waals surface area contributed by atoms with Gasteiger partial charge in [0.2, 0.25) is 5.91 Å². The normalized spacial score (nSPS) is 10.4. The van der Waals surface area contributed by atoms with E-state index in [2.05, 4.69) is 17.3 Å². The van der Waals surface area contributed by atoms with E-state index in [0.717, 1.165) is 23.4 Å². The third kappa shape index (κ3) is 2.93. The molecule has 0 saturated carbocycles. The number of amides is 1. The second kappa shape index (κ2) is 5.56. The SMILES string of the molecule is CCc1nn(C)cc1NCc1ccccc1C(N)=O. The highest BCUT2D eigenvalue weighted by molar-refractivity contribution is 5.94. The van der Waals surface area contributed by atoms with Crippen molar-refractivity contribution in [3.8, 4) is 0 Å². The molecule has 0 aliphatic heterocycles. The molecule has 3 N–H and O–H groups in total. The highest BCUT2D eigenvalue weighted by Crippen LogP contribution is 2.16. The molecule has 0 unspecified atom stereocenters. The largest absolute Gasteiger partial charge is 0.378 e. The smallest absolute Gasteiger partial charge is 0.249 e. The summed E-state index contributed by atoms with van der Waals surface area (Å²) in [6.07, 6.45) is 2.80. The summed E-state index contributed by atoms with van der Waals surface area (Å²) in [5.41, 5.74) is 8.81. The van der Waals surface area contributed by atoms with Crippen LogP contribution in [0.5, 0.6) is 0 Å². The molecular formula is C14H18N4O. The van der Waals surface area contributed by atoms with Crippen LogP contribution in [-0.4, -0.2) is 15.7 Å². The minimum absolute atomic E-state index is 0.403. The van der Waals surface area contributed by atoms with Gasteiger partial charge in [0, 0.05) is 25.4 Å². The van der Waals surface area contributed by atoms with Gasteiger partial charge < -0.3 is 11.1 Å². The lowest BCUT2D eigenvalue weighted by Gasteiger charge is -2.08. The fourth-order valence-corrected chi connectivity index (χ4v) is 2.05. The van der Waals surface area contributed by atoms with E-state index >= 15 is 0 Å².